The van der Waals surface area contributed by atoms with Crippen molar-refractivity contribution < 1.29 is 14.6 Å². The second-order valence-corrected chi connectivity index (χ2v) is 4.53. The molecule has 20 heavy (non-hydrogen) atoms. The third kappa shape index (κ3) is 4.51. The smallest absolute Gasteiger partial charge is 0.251 e. The summed E-state index contributed by atoms with van der Waals surface area (Å²) in [5.74, 6) is -0.202. The van der Waals surface area contributed by atoms with Crippen LogP contribution in [0.25, 0.3) is 0 Å². The maximum absolute atomic E-state index is 12.0. The van der Waals surface area contributed by atoms with Gasteiger partial charge in [-0.25, -0.2) is 0 Å². The fourth-order valence-electron chi connectivity index (χ4n) is 2.02. The van der Waals surface area contributed by atoms with Gasteiger partial charge in [0.25, 0.3) is 5.91 Å². The van der Waals surface area contributed by atoms with Crippen molar-refractivity contribution in [3.8, 4) is 0 Å². The summed E-state index contributed by atoms with van der Waals surface area (Å²) in [6.45, 7) is 6.21. The number of ether oxygens (including phenoxy) is 1. The third-order valence-electron chi connectivity index (χ3n) is 3.18. The second-order valence-electron chi connectivity index (χ2n) is 4.53. The highest BCUT2D eigenvalue weighted by atomic mass is 16.5. The average molecular weight is 280 g/mol. The van der Waals surface area contributed by atoms with Crippen LogP contribution in [0, 0.1) is 0 Å². The number of hydrogen-bond acceptors (Lipinski definition) is 4. The van der Waals surface area contributed by atoms with Crippen LogP contribution in [0.15, 0.2) is 24.3 Å². The van der Waals surface area contributed by atoms with E-state index in [4.69, 9.17) is 9.84 Å². The van der Waals surface area contributed by atoms with Gasteiger partial charge in [0.2, 0.25) is 0 Å². The van der Waals surface area contributed by atoms with E-state index in [2.05, 4.69) is 24.1 Å². The second kappa shape index (κ2) is 8.55. The molecule has 1 atom stereocenters. The summed E-state index contributed by atoms with van der Waals surface area (Å²) in [4.78, 5) is 14.2. The van der Waals surface area contributed by atoms with Crippen LogP contribution in [0.5, 0.6) is 0 Å². The Balaban J connectivity index is 2.70. The summed E-state index contributed by atoms with van der Waals surface area (Å²) in [5, 5.41) is 11.9. The van der Waals surface area contributed by atoms with Crippen molar-refractivity contribution in [3.63, 3.8) is 0 Å². The number of carbonyl (C=O) groups is 1. The molecule has 1 rings (SSSR count). The molecule has 112 valence electrons. The summed E-state index contributed by atoms with van der Waals surface area (Å²) >= 11 is 0. The van der Waals surface area contributed by atoms with E-state index in [1.807, 2.05) is 12.1 Å². The van der Waals surface area contributed by atoms with E-state index in [1.54, 1.807) is 12.1 Å². The fourth-order valence-corrected chi connectivity index (χ4v) is 2.02. The lowest BCUT2D eigenvalue weighted by molar-refractivity contribution is 0.0839. The van der Waals surface area contributed by atoms with Crippen LogP contribution in [0.1, 0.15) is 24.2 Å². The normalized spacial score (nSPS) is 12.0. The summed E-state index contributed by atoms with van der Waals surface area (Å²) < 4.78 is 4.93. The van der Waals surface area contributed by atoms with Crippen LogP contribution in [-0.2, 0) is 4.74 Å². The van der Waals surface area contributed by atoms with E-state index in [1.165, 1.54) is 7.11 Å². The minimum Gasteiger partial charge on any atom is -0.394 e. The van der Waals surface area contributed by atoms with Gasteiger partial charge in [-0.1, -0.05) is 0 Å². The molecule has 0 fully saturated rings. The number of aliphatic hydroxyl groups excluding tert-OH is 1. The Kier molecular flexibility index (Phi) is 7.04. The Morgan fingerprint density at radius 2 is 1.90 bits per heavy atom. The molecule has 1 aromatic carbocycles. The highest BCUT2D eigenvalue weighted by molar-refractivity contribution is 5.94. The number of amides is 1. The first-order valence-electron chi connectivity index (χ1n) is 6.91. The van der Waals surface area contributed by atoms with Crippen LogP contribution in [0.4, 0.5) is 5.69 Å². The lowest BCUT2D eigenvalue weighted by atomic mass is 10.1. The number of nitrogens with zero attached hydrogens (tertiary/aromatic N) is 1. The highest BCUT2D eigenvalue weighted by Gasteiger charge is 2.13. The molecule has 0 aliphatic heterocycles. The Morgan fingerprint density at radius 1 is 1.30 bits per heavy atom. The lowest BCUT2D eigenvalue weighted by Gasteiger charge is -2.21. The summed E-state index contributed by atoms with van der Waals surface area (Å²) in [6, 6.07) is 7.09. The molecule has 0 saturated heterocycles. The first-order chi connectivity index (χ1) is 9.65. The van der Waals surface area contributed by atoms with Gasteiger partial charge in [-0.3, -0.25) is 4.79 Å². The van der Waals surface area contributed by atoms with E-state index in [0.29, 0.717) is 12.2 Å². The molecule has 0 heterocycles. The summed E-state index contributed by atoms with van der Waals surface area (Å²) in [5.41, 5.74) is 1.68. The third-order valence-corrected chi connectivity index (χ3v) is 3.18. The van der Waals surface area contributed by atoms with E-state index in [9.17, 15) is 4.79 Å². The number of rotatable bonds is 8. The minimum atomic E-state index is -0.380. The van der Waals surface area contributed by atoms with Crippen molar-refractivity contribution in [2.24, 2.45) is 0 Å². The van der Waals surface area contributed by atoms with Crippen molar-refractivity contribution in [2.45, 2.75) is 19.9 Å². The van der Waals surface area contributed by atoms with Crippen LogP contribution < -0.4 is 10.2 Å². The Bertz CT molecular complexity index is 402. The number of carbonyl (C=O) groups excluding carboxylic acids is 1. The Morgan fingerprint density at radius 3 is 2.35 bits per heavy atom. The van der Waals surface area contributed by atoms with E-state index < -0.39 is 0 Å². The van der Waals surface area contributed by atoms with Crippen LogP contribution in [-0.4, -0.2) is 50.5 Å². The van der Waals surface area contributed by atoms with Gasteiger partial charge in [0.1, 0.15) is 0 Å². The maximum Gasteiger partial charge on any atom is 0.251 e. The topological polar surface area (TPSA) is 61.8 Å². The first-order valence-corrected chi connectivity index (χ1v) is 6.91. The van der Waals surface area contributed by atoms with Crippen molar-refractivity contribution in [1.82, 2.24) is 5.32 Å². The van der Waals surface area contributed by atoms with Gasteiger partial charge in [-0.2, -0.15) is 0 Å². The van der Waals surface area contributed by atoms with E-state index in [-0.39, 0.29) is 18.6 Å². The van der Waals surface area contributed by atoms with Crippen molar-refractivity contribution in [1.29, 1.82) is 0 Å². The minimum absolute atomic E-state index is 0.142. The molecule has 5 nitrogen and oxygen atoms in total. The Hall–Kier alpha value is -1.59. The van der Waals surface area contributed by atoms with Crippen LogP contribution in [0.2, 0.25) is 0 Å². The maximum atomic E-state index is 12.0. The monoisotopic (exact) mass is 280 g/mol. The number of methoxy groups -OCH3 is 1. The predicted octanol–water partition coefficient (Wildman–Crippen LogP) is 1.27. The summed E-state index contributed by atoms with van der Waals surface area (Å²) in [7, 11) is 1.54. The molecule has 0 aliphatic carbocycles. The SMILES string of the molecule is CCN(CC)c1ccc(C(=O)NC(CO)COC)cc1. The predicted molar refractivity (Wildman–Crippen MR) is 80.2 cm³/mol. The molecule has 5 heteroatoms. The van der Waals surface area contributed by atoms with Gasteiger partial charge in [0.05, 0.1) is 19.3 Å². The molecule has 0 spiro atoms. The van der Waals surface area contributed by atoms with Gasteiger partial charge in [0.15, 0.2) is 0 Å². The van der Waals surface area contributed by atoms with Crippen molar-refractivity contribution >= 4 is 11.6 Å². The first kappa shape index (κ1) is 16.5. The van der Waals surface area contributed by atoms with Gasteiger partial charge >= 0.3 is 0 Å². The molecule has 0 radical (unpaired) electrons. The standard InChI is InChI=1S/C15H24N2O3/c1-4-17(5-2)14-8-6-12(7-9-14)15(19)16-13(10-18)11-20-3/h6-9,13,18H,4-5,10-11H2,1-3H3,(H,16,19). The molecule has 1 unspecified atom stereocenters. The number of nitrogens with one attached hydrogen (secondary N) is 1. The zero-order valence-electron chi connectivity index (χ0n) is 12.4. The average Bonchev–Trinajstić information content (AvgIpc) is 2.48. The zero-order chi connectivity index (χ0) is 15.0. The van der Waals surface area contributed by atoms with Crippen molar-refractivity contribution in [3.05, 3.63) is 29.8 Å². The quantitative estimate of drug-likeness (QED) is 0.753. The molecule has 1 amide bonds. The Labute approximate surface area is 120 Å². The number of anilines is 1. The molecule has 0 aliphatic rings. The van der Waals surface area contributed by atoms with Gasteiger partial charge < -0.3 is 20.1 Å². The molecular formula is C15H24N2O3. The van der Waals surface area contributed by atoms with Crippen LogP contribution in [0.3, 0.4) is 0 Å². The van der Waals surface area contributed by atoms with Gasteiger partial charge in [0, 0.05) is 31.5 Å². The molecular weight excluding hydrogens is 256 g/mol. The molecule has 2 N–H and O–H groups in total. The van der Waals surface area contributed by atoms with E-state index >= 15 is 0 Å². The molecule has 0 saturated carbocycles. The number of hydrogen-bond donors (Lipinski definition) is 2. The molecule has 1 aromatic rings. The highest BCUT2D eigenvalue weighted by Crippen LogP contribution is 2.14. The number of aliphatic hydroxyl groups is 1. The summed E-state index contributed by atoms with van der Waals surface area (Å²) in [6.07, 6.45) is 0. The molecule has 0 bridgehead atoms. The number of benzene rings is 1. The van der Waals surface area contributed by atoms with Crippen molar-refractivity contribution in [2.75, 3.05) is 38.3 Å². The zero-order valence-corrected chi connectivity index (χ0v) is 12.4. The van der Waals surface area contributed by atoms with Crippen LogP contribution >= 0.6 is 0 Å². The van der Waals surface area contributed by atoms with E-state index in [0.717, 1.165) is 18.8 Å². The van der Waals surface area contributed by atoms with Gasteiger partial charge in [-0.05, 0) is 38.1 Å². The lowest BCUT2D eigenvalue weighted by Crippen LogP contribution is -2.40. The van der Waals surface area contributed by atoms with Gasteiger partial charge in [-0.15, -0.1) is 0 Å². The largest absolute Gasteiger partial charge is 0.394 e. The molecule has 0 aromatic heterocycles. The fraction of sp³-hybridized carbons (Fsp3) is 0.533.